The van der Waals surface area contributed by atoms with Crippen LogP contribution in [0.4, 0.5) is 0 Å². The van der Waals surface area contributed by atoms with Gasteiger partial charge in [-0.15, -0.1) is 0 Å². The fourth-order valence-electron chi connectivity index (χ4n) is 2.57. The van der Waals surface area contributed by atoms with Gasteiger partial charge in [0.2, 0.25) is 0 Å². The summed E-state index contributed by atoms with van der Waals surface area (Å²) in [6.45, 7) is 4.44. The summed E-state index contributed by atoms with van der Waals surface area (Å²) in [5, 5.41) is 0. The fourth-order valence-corrected chi connectivity index (χ4v) is 3.15. The van der Waals surface area contributed by atoms with Gasteiger partial charge in [0, 0.05) is 18.1 Å². The van der Waals surface area contributed by atoms with Crippen molar-refractivity contribution in [1.82, 2.24) is 4.90 Å². The summed E-state index contributed by atoms with van der Waals surface area (Å²) < 4.78 is 5.25. The van der Waals surface area contributed by atoms with Crippen molar-refractivity contribution in [3.8, 4) is 5.75 Å². The lowest BCUT2D eigenvalue weighted by molar-refractivity contribution is 0.155. The minimum absolute atomic E-state index is 0.139. The van der Waals surface area contributed by atoms with Crippen molar-refractivity contribution in [1.29, 1.82) is 0 Å². The number of benzene rings is 1. The minimum Gasteiger partial charge on any atom is -0.497 e. The fraction of sp³-hybridized carbons (Fsp3) is 0.647. The van der Waals surface area contributed by atoms with E-state index in [2.05, 4.69) is 44.2 Å². The van der Waals surface area contributed by atoms with E-state index in [4.69, 9.17) is 10.5 Å². The van der Waals surface area contributed by atoms with E-state index in [-0.39, 0.29) is 12.1 Å². The van der Waals surface area contributed by atoms with Crippen LogP contribution < -0.4 is 10.5 Å². The van der Waals surface area contributed by atoms with Crippen molar-refractivity contribution in [2.75, 3.05) is 26.2 Å². The maximum Gasteiger partial charge on any atom is 0.118 e. The summed E-state index contributed by atoms with van der Waals surface area (Å²) in [5.41, 5.74) is 7.68. The molecule has 1 aromatic rings. The Balaban J connectivity index is 2.93. The van der Waals surface area contributed by atoms with Crippen LogP contribution in [-0.4, -0.2) is 43.1 Å². The molecule has 0 fully saturated rings. The van der Waals surface area contributed by atoms with Crippen molar-refractivity contribution >= 4 is 11.8 Å². The SMILES string of the molecule is CCC(N)C(c1ccc(OC)cc1)N(C)C(C)CCSC. The van der Waals surface area contributed by atoms with Gasteiger partial charge in [-0.3, -0.25) is 4.90 Å². The van der Waals surface area contributed by atoms with Crippen LogP contribution in [0.3, 0.4) is 0 Å². The van der Waals surface area contributed by atoms with Gasteiger partial charge < -0.3 is 10.5 Å². The van der Waals surface area contributed by atoms with E-state index < -0.39 is 0 Å². The second-order valence-electron chi connectivity index (χ2n) is 5.59. The van der Waals surface area contributed by atoms with Crippen molar-refractivity contribution in [2.24, 2.45) is 5.73 Å². The zero-order chi connectivity index (χ0) is 15.8. The highest BCUT2D eigenvalue weighted by molar-refractivity contribution is 7.98. The first kappa shape index (κ1) is 18.3. The van der Waals surface area contributed by atoms with Crippen molar-refractivity contribution in [2.45, 2.75) is 44.8 Å². The number of rotatable bonds is 9. The van der Waals surface area contributed by atoms with E-state index in [1.54, 1.807) is 7.11 Å². The van der Waals surface area contributed by atoms with Gasteiger partial charge in [-0.25, -0.2) is 0 Å². The maximum absolute atomic E-state index is 6.41. The summed E-state index contributed by atoms with van der Waals surface area (Å²) in [5.74, 6) is 2.07. The number of hydrogen-bond acceptors (Lipinski definition) is 4. The van der Waals surface area contributed by atoms with Gasteiger partial charge in [0.25, 0.3) is 0 Å². The molecule has 0 spiro atoms. The van der Waals surface area contributed by atoms with E-state index in [0.717, 1.165) is 12.2 Å². The number of methoxy groups -OCH3 is 1. The van der Waals surface area contributed by atoms with Crippen molar-refractivity contribution < 1.29 is 4.74 Å². The lowest BCUT2D eigenvalue weighted by Gasteiger charge is -2.37. The zero-order valence-corrected chi connectivity index (χ0v) is 14.8. The average Bonchev–Trinajstić information content (AvgIpc) is 2.52. The van der Waals surface area contributed by atoms with Gasteiger partial charge in [0.05, 0.1) is 7.11 Å². The average molecular weight is 311 g/mol. The van der Waals surface area contributed by atoms with Gasteiger partial charge >= 0.3 is 0 Å². The molecule has 120 valence electrons. The van der Waals surface area contributed by atoms with Crippen molar-refractivity contribution in [3.05, 3.63) is 29.8 Å². The molecule has 0 aromatic heterocycles. The molecule has 3 nitrogen and oxygen atoms in total. The molecule has 0 aliphatic heterocycles. The lowest BCUT2D eigenvalue weighted by Crippen LogP contribution is -2.43. The monoisotopic (exact) mass is 310 g/mol. The molecule has 0 radical (unpaired) electrons. The molecular formula is C17H30N2OS. The largest absolute Gasteiger partial charge is 0.497 e. The minimum atomic E-state index is 0.139. The Labute approximate surface area is 134 Å². The van der Waals surface area contributed by atoms with Gasteiger partial charge in [-0.1, -0.05) is 19.1 Å². The number of nitrogens with zero attached hydrogens (tertiary/aromatic N) is 1. The molecule has 0 heterocycles. The number of ether oxygens (including phenoxy) is 1. The standard InChI is InChI=1S/C17H30N2OS/c1-6-16(18)17(19(3)13(2)11-12-21-5)14-7-9-15(20-4)10-8-14/h7-10,13,16-17H,6,11-12,18H2,1-5H3. The smallest absolute Gasteiger partial charge is 0.118 e. The molecule has 2 N–H and O–H groups in total. The van der Waals surface area contributed by atoms with E-state index in [1.165, 1.54) is 17.7 Å². The summed E-state index contributed by atoms with van der Waals surface area (Å²) >= 11 is 1.90. The van der Waals surface area contributed by atoms with Crippen LogP contribution in [0.2, 0.25) is 0 Å². The summed E-state index contributed by atoms with van der Waals surface area (Å²) in [6, 6.07) is 9.21. The second kappa shape index (κ2) is 9.34. The van der Waals surface area contributed by atoms with E-state index >= 15 is 0 Å². The molecule has 0 bridgehead atoms. The third-order valence-electron chi connectivity index (χ3n) is 4.21. The highest BCUT2D eigenvalue weighted by atomic mass is 32.2. The van der Waals surface area contributed by atoms with Crippen LogP contribution in [0.15, 0.2) is 24.3 Å². The van der Waals surface area contributed by atoms with Crippen LogP contribution in [-0.2, 0) is 0 Å². The molecule has 3 atom stereocenters. The molecule has 1 aromatic carbocycles. The quantitative estimate of drug-likeness (QED) is 0.757. The summed E-state index contributed by atoms with van der Waals surface area (Å²) in [6.07, 6.45) is 4.31. The first-order chi connectivity index (χ1) is 10.0. The van der Waals surface area contributed by atoms with E-state index in [1.807, 2.05) is 23.9 Å². The molecule has 0 saturated carbocycles. The van der Waals surface area contributed by atoms with Crippen molar-refractivity contribution in [3.63, 3.8) is 0 Å². The Morgan fingerprint density at radius 2 is 1.90 bits per heavy atom. The Bertz CT molecular complexity index is 396. The predicted molar refractivity (Wildman–Crippen MR) is 94.2 cm³/mol. The molecule has 0 aliphatic carbocycles. The molecule has 21 heavy (non-hydrogen) atoms. The van der Waals surface area contributed by atoms with Crippen LogP contribution >= 0.6 is 11.8 Å². The Morgan fingerprint density at radius 1 is 1.29 bits per heavy atom. The van der Waals surface area contributed by atoms with E-state index in [0.29, 0.717) is 6.04 Å². The number of nitrogens with two attached hydrogens (primary N) is 1. The lowest BCUT2D eigenvalue weighted by atomic mass is 9.95. The molecular weight excluding hydrogens is 280 g/mol. The van der Waals surface area contributed by atoms with Crippen LogP contribution in [0, 0.1) is 0 Å². The summed E-state index contributed by atoms with van der Waals surface area (Å²) in [7, 11) is 3.89. The normalized spacial score (nSPS) is 15.8. The molecule has 0 amide bonds. The zero-order valence-electron chi connectivity index (χ0n) is 14.0. The Hall–Kier alpha value is -0.710. The maximum atomic E-state index is 6.41. The topological polar surface area (TPSA) is 38.5 Å². The Morgan fingerprint density at radius 3 is 2.38 bits per heavy atom. The molecule has 1 rings (SSSR count). The van der Waals surface area contributed by atoms with Gasteiger partial charge in [-0.2, -0.15) is 11.8 Å². The molecule has 3 unspecified atom stereocenters. The van der Waals surface area contributed by atoms with Gasteiger partial charge in [-0.05, 0) is 56.5 Å². The third kappa shape index (κ3) is 5.20. The molecule has 0 aliphatic rings. The number of thioether (sulfide) groups is 1. The first-order valence-electron chi connectivity index (χ1n) is 7.65. The first-order valence-corrected chi connectivity index (χ1v) is 9.04. The van der Waals surface area contributed by atoms with E-state index in [9.17, 15) is 0 Å². The number of likely N-dealkylation sites (N-methyl/N-ethyl adjacent to an activating group) is 1. The van der Waals surface area contributed by atoms with Crippen LogP contribution in [0.5, 0.6) is 5.75 Å². The third-order valence-corrected chi connectivity index (χ3v) is 4.85. The highest BCUT2D eigenvalue weighted by Crippen LogP contribution is 2.28. The Kier molecular flexibility index (Phi) is 8.15. The van der Waals surface area contributed by atoms with Gasteiger partial charge in [0.1, 0.15) is 5.75 Å². The van der Waals surface area contributed by atoms with Gasteiger partial charge in [0.15, 0.2) is 0 Å². The number of hydrogen-bond donors (Lipinski definition) is 1. The molecule has 0 saturated heterocycles. The molecule has 4 heteroatoms. The van der Waals surface area contributed by atoms with Crippen LogP contribution in [0.25, 0.3) is 0 Å². The highest BCUT2D eigenvalue weighted by Gasteiger charge is 2.26. The summed E-state index contributed by atoms with van der Waals surface area (Å²) in [4.78, 5) is 2.42. The second-order valence-corrected chi connectivity index (χ2v) is 6.57. The predicted octanol–water partition coefficient (Wildman–Crippen LogP) is 3.55. The van der Waals surface area contributed by atoms with Crippen LogP contribution in [0.1, 0.15) is 38.3 Å².